The molecule has 0 aliphatic rings. The van der Waals surface area contributed by atoms with Crippen LogP contribution in [0.3, 0.4) is 0 Å². The Labute approximate surface area is 113 Å². The largest absolute Gasteiger partial charge is 0.297 e. The maximum absolute atomic E-state index is 13.0. The molecule has 1 heterocycles. The van der Waals surface area contributed by atoms with Crippen LogP contribution in [-0.2, 0) is 6.42 Å². The van der Waals surface area contributed by atoms with E-state index in [1.165, 1.54) is 10.7 Å². The van der Waals surface area contributed by atoms with Gasteiger partial charge in [0.05, 0.1) is 22.9 Å². The van der Waals surface area contributed by atoms with Crippen LogP contribution in [0, 0.1) is 15.9 Å². The fourth-order valence-electron chi connectivity index (χ4n) is 1.62. The third-order valence-corrected chi connectivity index (χ3v) is 2.76. The molecule has 2 rings (SSSR count). The second kappa shape index (κ2) is 5.75. The highest BCUT2D eigenvalue weighted by molar-refractivity contribution is 6.17. The molecule has 0 atom stereocenters. The van der Waals surface area contributed by atoms with Crippen molar-refractivity contribution in [2.75, 3.05) is 5.88 Å². The van der Waals surface area contributed by atoms with Crippen molar-refractivity contribution < 1.29 is 9.31 Å². The van der Waals surface area contributed by atoms with Gasteiger partial charge in [0.25, 0.3) is 5.69 Å². The minimum atomic E-state index is -0.669. The summed E-state index contributed by atoms with van der Waals surface area (Å²) in [6, 6.07) is 3.30. The average Bonchev–Trinajstić information content (AvgIpc) is 2.84. The topological polar surface area (TPSA) is 73.8 Å². The summed E-state index contributed by atoms with van der Waals surface area (Å²) < 4.78 is 14.3. The number of hydrogen-bond donors (Lipinski definition) is 0. The predicted octanol–water partition coefficient (Wildman–Crippen LogP) is 2.49. The maximum atomic E-state index is 13.0. The van der Waals surface area contributed by atoms with Gasteiger partial charge in [-0.3, -0.25) is 10.1 Å². The maximum Gasteiger partial charge on any atom is 0.297 e. The second-order valence-electron chi connectivity index (χ2n) is 3.84. The lowest BCUT2D eigenvalue weighted by Crippen LogP contribution is -2.01. The Morgan fingerprint density at radius 2 is 2.26 bits per heavy atom. The fourth-order valence-corrected chi connectivity index (χ4v) is 1.75. The first-order valence-corrected chi connectivity index (χ1v) is 6.07. The molecule has 0 amide bonds. The van der Waals surface area contributed by atoms with Gasteiger partial charge in [-0.2, -0.15) is 0 Å². The van der Waals surface area contributed by atoms with Gasteiger partial charge in [0.15, 0.2) is 0 Å². The number of alkyl halides is 1. The third-order valence-electron chi connectivity index (χ3n) is 2.49. The summed E-state index contributed by atoms with van der Waals surface area (Å²) in [5.41, 5.74) is 0.504. The van der Waals surface area contributed by atoms with Crippen LogP contribution < -0.4 is 0 Å². The van der Waals surface area contributed by atoms with Crippen molar-refractivity contribution in [3.63, 3.8) is 0 Å². The first-order chi connectivity index (χ1) is 9.11. The quantitative estimate of drug-likeness (QED) is 0.480. The number of aryl methyl sites for hydroxylation is 1. The zero-order valence-electron chi connectivity index (χ0n) is 9.79. The monoisotopic (exact) mass is 284 g/mol. The van der Waals surface area contributed by atoms with Crippen LogP contribution in [0.1, 0.15) is 12.1 Å². The van der Waals surface area contributed by atoms with Gasteiger partial charge >= 0.3 is 0 Å². The molecule has 0 saturated carbocycles. The molecule has 0 bridgehead atoms. The van der Waals surface area contributed by atoms with Gasteiger partial charge in [-0.15, -0.1) is 16.7 Å². The van der Waals surface area contributed by atoms with E-state index in [9.17, 15) is 14.5 Å². The SMILES string of the molecule is O=[N+]([O-])c1cc(F)ccc1-n1cc(CCCCl)nn1. The van der Waals surface area contributed by atoms with Crippen LogP contribution in [0.25, 0.3) is 5.69 Å². The fraction of sp³-hybridized carbons (Fsp3) is 0.273. The third kappa shape index (κ3) is 3.05. The van der Waals surface area contributed by atoms with Crippen LogP contribution in [0.4, 0.5) is 10.1 Å². The van der Waals surface area contributed by atoms with Gasteiger partial charge in [0, 0.05) is 5.88 Å². The molecule has 0 unspecified atom stereocenters. The highest BCUT2D eigenvalue weighted by atomic mass is 35.5. The van der Waals surface area contributed by atoms with Crippen molar-refractivity contribution in [3.05, 3.63) is 46.0 Å². The summed E-state index contributed by atoms with van der Waals surface area (Å²) in [5.74, 6) is -0.165. The lowest BCUT2D eigenvalue weighted by molar-refractivity contribution is -0.384. The van der Waals surface area contributed by atoms with E-state index in [1.54, 1.807) is 6.20 Å². The van der Waals surface area contributed by atoms with Crippen molar-refractivity contribution in [2.45, 2.75) is 12.8 Å². The van der Waals surface area contributed by atoms with E-state index in [4.69, 9.17) is 11.6 Å². The molecule has 19 heavy (non-hydrogen) atoms. The number of nitro benzene ring substituents is 1. The summed E-state index contributed by atoms with van der Waals surface area (Å²) >= 11 is 5.57. The molecule has 0 fully saturated rings. The number of hydrogen-bond acceptors (Lipinski definition) is 4. The molecule has 0 aliphatic heterocycles. The summed E-state index contributed by atoms with van der Waals surface area (Å²) in [6.07, 6.45) is 2.96. The van der Waals surface area contributed by atoms with Gasteiger partial charge in [0.2, 0.25) is 0 Å². The lowest BCUT2D eigenvalue weighted by atomic mass is 10.2. The Balaban J connectivity index is 2.36. The number of rotatable bonds is 5. The Hall–Kier alpha value is -2.02. The van der Waals surface area contributed by atoms with Crippen LogP contribution in [-0.4, -0.2) is 25.8 Å². The average molecular weight is 285 g/mol. The Kier molecular flexibility index (Phi) is 4.06. The Morgan fingerprint density at radius 3 is 2.95 bits per heavy atom. The van der Waals surface area contributed by atoms with Gasteiger partial charge in [-0.25, -0.2) is 9.07 Å². The Morgan fingerprint density at radius 1 is 1.47 bits per heavy atom. The molecule has 6 nitrogen and oxygen atoms in total. The molecule has 100 valence electrons. The molecule has 0 N–H and O–H groups in total. The van der Waals surface area contributed by atoms with E-state index in [-0.39, 0.29) is 11.4 Å². The Bertz CT molecular complexity index is 602. The second-order valence-corrected chi connectivity index (χ2v) is 4.22. The smallest absolute Gasteiger partial charge is 0.258 e. The van der Waals surface area contributed by atoms with Crippen molar-refractivity contribution in [2.24, 2.45) is 0 Å². The molecule has 0 radical (unpaired) electrons. The lowest BCUT2D eigenvalue weighted by Gasteiger charge is -2.01. The standard InChI is InChI=1S/C11H10ClFN4O2/c12-5-1-2-9-7-16(15-14-9)10-4-3-8(13)6-11(10)17(18)19/h3-4,6-7H,1-2,5H2. The van der Waals surface area contributed by atoms with E-state index in [0.717, 1.165) is 18.6 Å². The van der Waals surface area contributed by atoms with Gasteiger partial charge in [-0.1, -0.05) is 5.21 Å². The summed E-state index contributed by atoms with van der Waals surface area (Å²) in [4.78, 5) is 10.2. The zero-order chi connectivity index (χ0) is 13.8. The first-order valence-electron chi connectivity index (χ1n) is 5.53. The molecule has 8 heteroatoms. The van der Waals surface area contributed by atoms with Crippen molar-refractivity contribution in [1.29, 1.82) is 0 Å². The molecule has 1 aromatic heterocycles. The molecular formula is C11H10ClFN4O2. The van der Waals surface area contributed by atoms with Crippen LogP contribution >= 0.6 is 11.6 Å². The number of benzene rings is 1. The molecule has 0 saturated heterocycles. The normalized spacial score (nSPS) is 10.6. The van der Waals surface area contributed by atoms with Gasteiger partial charge in [0.1, 0.15) is 11.5 Å². The molecular weight excluding hydrogens is 275 g/mol. The minimum Gasteiger partial charge on any atom is -0.258 e. The number of nitrogens with zero attached hydrogens (tertiary/aromatic N) is 4. The number of halogens is 2. The van der Waals surface area contributed by atoms with Crippen molar-refractivity contribution >= 4 is 17.3 Å². The van der Waals surface area contributed by atoms with Gasteiger partial charge < -0.3 is 0 Å². The van der Waals surface area contributed by atoms with E-state index >= 15 is 0 Å². The summed E-state index contributed by atoms with van der Waals surface area (Å²) in [5, 5.41) is 18.6. The molecule has 1 aromatic carbocycles. The van der Waals surface area contributed by atoms with E-state index in [0.29, 0.717) is 18.0 Å². The van der Waals surface area contributed by atoms with Crippen LogP contribution in [0.2, 0.25) is 0 Å². The first kappa shape index (κ1) is 13.4. The summed E-state index contributed by atoms with van der Waals surface area (Å²) in [6.45, 7) is 0. The van der Waals surface area contributed by atoms with Crippen LogP contribution in [0.15, 0.2) is 24.4 Å². The molecule has 0 spiro atoms. The number of nitro groups is 1. The number of aromatic nitrogens is 3. The minimum absolute atomic E-state index is 0.177. The van der Waals surface area contributed by atoms with Gasteiger partial charge in [-0.05, 0) is 25.0 Å². The molecule has 2 aromatic rings. The highest BCUT2D eigenvalue weighted by Crippen LogP contribution is 2.23. The van der Waals surface area contributed by atoms with Crippen molar-refractivity contribution in [3.8, 4) is 5.69 Å². The van der Waals surface area contributed by atoms with Crippen molar-refractivity contribution in [1.82, 2.24) is 15.0 Å². The zero-order valence-corrected chi connectivity index (χ0v) is 10.5. The van der Waals surface area contributed by atoms with E-state index in [2.05, 4.69) is 10.3 Å². The van der Waals surface area contributed by atoms with Crippen LogP contribution in [0.5, 0.6) is 0 Å². The van der Waals surface area contributed by atoms with E-state index < -0.39 is 10.7 Å². The highest BCUT2D eigenvalue weighted by Gasteiger charge is 2.17. The predicted molar refractivity (Wildman–Crippen MR) is 67.0 cm³/mol. The molecule has 0 aliphatic carbocycles. The summed E-state index contributed by atoms with van der Waals surface area (Å²) in [7, 11) is 0. The van der Waals surface area contributed by atoms with E-state index in [1.807, 2.05) is 0 Å².